The molecule has 1 aliphatic carbocycles. The summed E-state index contributed by atoms with van der Waals surface area (Å²) < 4.78 is 5.18. The molecule has 6 heteroatoms. The number of amides is 2. The summed E-state index contributed by atoms with van der Waals surface area (Å²) in [4.78, 5) is 28.7. The Bertz CT molecular complexity index is 963. The molecule has 0 unspecified atom stereocenters. The van der Waals surface area contributed by atoms with Crippen LogP contribution in [0, 0.1) is 0 Å². The van der Waals surface area contributed by atoms with Gasteiger partial charge in [0.2, 0.25) is 0 Å². The van der Waals surface area contributed by atoms with E-state index in [2.05, 4.69) is 5.32 Å². The predicted molar refractivity (Wildman–Crippen MR) is 116 cm³/mol. The van der Waals surface area contributed by atoms with E-state index in [9.17, 15) is 9.59 Å². The van der Waals surface area contributed by atoms with E-state index < -0.39 is 0 Å². The highest BCUT2D eigenvalue weighted by molar-refractivity contribution is 8.04. The summed E-state index contributed by atoms with van der Waals surface area (Å²) in [5.41, 5.74) is 2.30. The van der Waals surface area contributed by atoms with Crippen LogP contribution in [0.25, 0.3) is 6.08 Å². The van der Waals surface area contributed by atoms with Crippen molar-refractivity contribution < 1.29 is 14.3 Å². The van der Waals surface area contributed by atoms with Crippen molar-refractivity contribution in [1.29, 1.82) is 0 Å². The maximum absolute atomic E-state index is 12.9. The molecule has 5 nitrogen and oxygen atoms in total. The summed E-state index contributed by atoms with van der Waals surface area (Å²) in [6, 6.07) is 13.4. The Labute approximate surface area is 175 Å². The molecule has 0 aromatic heterocycles. The number of benzene rings is 2. The Hall–Kier alpha value is -2.73. The largest absolute Gasteiger partial charge is 0.497 e. The van der Waals surface area contributed by atoms with Gasteiger partial charge in [-0.1, -0.05) is 36.7 Å². The second kappa shape index (κ2) is 8.33. The van der Waals surface area contributed by atoms with Crippen LogP contribution in [-0.2, 0) is 4.79 Å². The number of thioether (sulfide) groups is 1. The van der Waals surface area contributed by atoms with Crippen LogP contribution in [0.3, 0.4) is 0 Å². The average Bonchev–Trinajstić information content (AvgIpc) is 3.25. The van der Waals surface area contributed by atoms with Crippen molar-refractivity contribution in [1.82, 2.24) is 5.32 Å². The topological polar surface area (TPSA) is 58.6 Å². The number of nitrogens with one attached hydrogen (secondary N) is 1. The smallest absolute Gasteiger partial charge is 0.264 e. The van der Waals surface area contributed by atoms with Crippen LogP contribution in [0.4, 0.5) is 5.69 Å². The van der Waals surface area contributed by atoms with E-state index in [-0.39, 0.29) is 17.9 Å². The van der Waals surface area contributed by atoms with Crippen LogP contribution >= 0.6 is 11.8 Å². The first kappa shape index (κ1) is 19.6. The zero-order valence-corrected chi connectivity index (χ0v) is 17.4. The molecule has 1 aliphatic heterocycles. The molecule has 1 saturated carbocycles. The second-order valence-electron chi connectivity index (χ2n) is 7.39. The molecule has 0 radical (unpaired) electrons. The van der Waals surface area contributed by atoms with Gasteiger partial charge < -0.3 is 15.0 Å². The third kappa shape index (κ3) is 4.17. The van der Waals surface area contributed by atoms with E-state index in [1.807, 2.05) is 48.5 Å². The normalized spacial score (nSPS) is 18.1. The highest BCUT2D eigenvalue weighted by atomic mass is 32.2. The molecule has 2 aromatic carbocycles. The molecule has 2 amide bonds. The van der Waals surface area contributed by atoms with Gasteiger partial charge in [0, 0.05) is 23.5 Å². The number of rotatable bonds is 4. The van der Waals surface area contributed by atoms with Crippen molar-refractivity contribution in [3.63, 3.8) is 0 Å². The third-order valence-electron chi connectivity index (χ3n) is 5.42. The van der Waals surface area contributed by atoms with E-state index in [0.717, 1.165) is 34.7 Å². The Morgan fingerprint density at radius 1 is 1.17 bits per heavy atom. The molecule has 29 heavy (non-hydrogen) atoms. The molecular formula is C23H24N2O3S. The van der Waals surface area contributed by atoms with E-state index >= 15 is 0 Å². The van der Waals surface area contributed by atoms with Crippen LogP contribution in [0.2, 0.25) is 0 Å². The van der Waals surface area contributed by atoms with Crippen molar-refractivity contribution >= 4 is 35.3 Å². The second-order valence-corrected chi connectivity index (χ2v) is 8.47. The molecule has 1 heterocycles. The molecule has 4 rings (SSSR count). The fraction of sp³-hybridized carbons (Fsp3) is 0.304. The number of carbonyl (C=O) groups excluding carboxylic acids is 2. The van der Waals surface area contributed by atoms with Crippen LogP contribution < -0.4 is 15.0 Å². The first-order valence-corrected chi connectivity index (χ1v) is 10.6. The number of hydrogen-bond donors (Lipinski definition) is 1. The van der Waals surface area contributed by atoms with Gasteiger partial charge in [-0.15, -0.1) is 0 Å². The number of ether oxygens (including phenoxy) is 1. The van der Waals surface area contributed by atoms with Gasteiger partial charge in [0.1, 0.15) is 5.75 Å². The van der Waals surface area contributed by atoms with Crippen molar-refractivity contribution in [3.8, 4) is 5.75 Å². The summed E-state index contributed by atoms with van der Waals surface area (Å²) in [6.45, 7) is 0. The minimum atomic E-state index is -0.0772. The fourth-order valence-corrected chi connectivity index (χ4v) is 4.82. The lowest BCUT2D eigenvalue weighted by atomic mass is 10.1. The summed E-state index contributed by atoms with van der Waals surface area (Å²) in [7, 11) is 3.38. The molecule has 0 atom stereocenters. The SMILES string of the molecule is COc1ccc(C=C2Sc3ccc(C(=O)NC4CCCC4)cc3N(C)C2=O)cc1. The molecule has 0 saturated heterocycles. The molecule has 1 fully saturated rings. The minimum absolute atomic E-state index is 0.0647. The zero-order chi connectivity index (χ0) is 20.4. The quantitative estimate of drug-likeness (QED) is 0.758. The molecule has 2 aliphatic rings. The minimum Gasteiger partial charge on any atom is -0.497 e. The molecule has 0 spiro atoms. The maximum Gasteiger partial charge on any atom is 0.264 e. The highest BCUT2D eigenvalue weighted by Crippen LogP contribution is 2.42. The van der Waals surface area contributed by atoms with E-state index in [4.69, 9.17) is 4.74 Å². The van der Waals surface area contributed by atoms with E-state index in [1.54, 1.807) is 19.1 Å². The monoisotopic (exact) mass is 408 g/mol. The summed E-state index contributed by atoms with van der Waals surface area (Å²) in [5.74, 6) is 0.637. The van der Waals surface area contributed by atoms with Gasteiger partial charge in [0.25, 0.3) is 11.8 Å². The standard InChI is InChI=1S/C23H24N2O3S/c1-25-19-14-16(22(26)24-17-5-3-4-6-17)9-12-20(19)29-21(23(25)27)13-15-7-10-18(28-2)11-8-15/h7-14,17H,3-6H2,1-2H3,(H,24,26). The van der Waals surface area contributed by atoms with Gasteiger partial charge in [-0.25, -0.2) is 0 Å². The van der Waals surface area contributed by atoms with Crippen molar-refractivity contribution in [3.05, 3.63) is 58.5 Å². The Kier molecular flexibility index (Phi) is 5.62. The van der Waals surface area contributed by atoms with E-state index in [1.165, 1.54) is 24.6 Å². The Morgan fingerprint density at radius 2 is 1.90 bits per heavy atom. The summed E-state index contributed by atoms with van der Waals surface area (Å²) >= 11 is 1.43. The number of methoxy groups -OCH3 is 1. The van der Waals surface area contributed by atoms with Gasteiger partial charge in [-0.2, -0.15) is 0 Å². The van der Waals surface area contributed by atoms with Gasteiger partial charge in [-0.3, -0.25) is 9.59 Å². The van der Waals surface area contributed by atoms with Gasteiger partial charge in [0.05, 0.1) is 17.7 Å². The summed E-state index contributed by atoms with van der Waals surface area (Å²) in [5, 5.41) is 3.11. The number of anilines is 1. The fourth-order valence-electron chi connectivity index (χ4n) is 3.73. The van der Waals surface area contributed by atoms with Crippen LogP contribution in [0.5, 0.6) is 5.75 Å². The Morgan fingerprint density at radius 3 is 2.59 bits per heavy atom. The van der Waals surface area contributed by atoms with Gasteiger partial charge >= 0.3 is 0 Å². The lowest BCUT2D eigenvalue weighted by Gasteiger charge is -2.27. The van der Waals surface area contributed by atoms with Gasteiger partial charge in [-0.05, 0) is 54.8 Å². The molecule has 1 N–H and O–H groups in total. The first-order chi connectivity index (χ1) is 14.0. The number of likely N-dealkylation sites (N-methyl/N-ethyl adjacent to an activating group) is 1. The molecule has 2 aromatic rings. The Balaban J connectivity index is 1.56. The number of fused-ring (bicyclic) bond motifs is 1. The van der Waals surface area contributed by atoms with Crippen LogP contribution in [-0.4, -0.2) is 32.0 Å². The third-order valence-corrected chi connectivity index (χ3v) is 6.50. The molecule has 0 bridgehead atoms. The lowest BCUT2D eigenvalue weighted by molar-refractivity contribution is -0.114. The zero-order valence-electron chi connectivity index (χ0n) is 16.6. The molecule has 150 valence electrons. The van der Waals surface area contributed by atoms with Crippen LogP contribution in [0.1, 0.15) is 41.6 Å². The van der Waals surface area contributed by atoms with Crippen molar-refractivity contribution in [2.24, 2.45) is 0 Å². The predicted octanol–water partition coefficient (Wildman–Crippen LogP) is 4.48. The van der Waals surface area contributed by atoms with Crippen molar-refractivity contribution in [2.75, 3.05) is 19.1 Å². The van der Waals surface area contributed by atoms with Crippen molar-refractivity contribution in [2.45, 2.75) is 36.6 Å². The van der Waals surface area contributed by atoms with Gasteiger partial charge in [0.15, 0.2) is 0 Å². The first-order valence-electron chi connectivity index (χ1n) is 9.82. The number of nitrogens with zero attached hydrogens (tertiary/aromatic N) is 1. The van der Waals surface area contributed by atoms with E-state index in [0.29, 0.717) is 10.5 Å². The average molecular weight is 409 g/mol. The number of hydrogen-bond acceptors (Lipinski definition) is 4. The molecular weight excluding hydrogens is 384 g/mol. The number of carbonyl (C=O) groups is 2. The summed E-state index contributed by atoms with van der Waals surface area (Å²) in [6.07, 6.45) is 6.32. The van der Waals surface area contributed by atoms with Crippen LogP contribution in [0.15, 0.2) is 52.3 Å². The maximum atomic E-state index is 12.9. The highest BCUT2D eigenvalue weighted by Gasteiger charge is 2.28. The lowest BCUT2D eigenvalue weighted by Crippen LogP contribution is -2.33.